The van der Waals surface area contributed by atoms with Crippen LogP contribution in [-0.2, 0) is 6.54 Å². The van der Waals surface area contributed by atoms with E-state index >= 15 is 0 Å². The molecule has 0 amide bonds. The lowest BCUT2D eigenvalue weighted by atomic mass is 10.3. The second kappa shape index (κ2) is 5.14. The zero-order chi connectivity index (χ0) is 12.4. The molecule has 2 aromatic rings. The fourth-order valence-electron chi connectivity index (χ4n) is 1.40. The first-order valence-corrected chi connectivity index (χ1v) is 6.79. The average molecular weight is 315 g/mol. The molecule has 1 N–H and O–H groups in total. The van der Waals surface area contributed by atoms with Crippen LogP contribution in [0.4, 0.5) is 10.1 Å². The summed E-state index contributed by atoms with van der Waals surface area (Å²) in [5, 5.41) is 4.17. The van der Waals surface area contributed by atoms with E-state index in [1.807, 2.05) is 13.0 Å². The molecule has 0 unspecified atom stereocenters. The van der Waals surface area contributed by atoms with Crippen LogP contribution in [0.3, 0.4) is 0 Å². The van der Waals surface area contributed by atoms with Crippen LogP contribution in [0.1, 0.15) is 15.6 Å². The fourth-order valence-corrected chi connectivity index (χ4v) is 2.52. The van der Waals surface area contributed by atoms with Crippen molar-refractivity contribution < 1.29 is 4.39 Å². The third-order valence-corrected chi connectivity index (χ3v) is 4.15. The number of hydrogen-bond acceptors (Lipinski definition) is 3. The highest BCUT2D eigenvalue weighted by molar-refractivity contribution is 9.10. The van der Waals surface area contributed by atoms with Gasteiger partial charge in [0.05, 0.1) is 16.7 Å². The van der Waals surface area contributed by atoms with E-state index in [0.29, 0.717) is 11.0 Å². The highest BCUT2D eigenvalue weighted by Gasteiger charge is 2.04. The van der Waals surface area contributed by atoms with Crippen molar-refractivity contribution in [3.05, 3.63) is 44.1 Å². The lowest BCUT2D eigenvalue weighted by Crippen LogP contribution is -1.99. The summed E-state index contributed by atoms with van der Waals surface area (Å²) in [4.78, 5) is 5.64. The maximum absolute atomic E-state index is 13.3. The van der Waals surface area contributed by atoms with Crippen molar-refractivity contribution in [3.8, 4) is 0 Å². The Kier molecular flexibility index (Phi) is 3.79. The summed E-state index contributed by atoms with van der Waals surface area (Å²) in [6.45, 7) is 4.67. The lowest BCUT2D eigenvalue weighted by molar-refractivity contribution is 0.621. The molecule has 0 aliphatic carbocycles. The van der Waals surface area contributed by atoms with Gasteiger partial charge in [-0.1, -0.05) is 0 Å². The molecule has 1 heterocycles. The van der Waals surface area contributed by atoms with Crippen LogP contribution in [0.25, 0.3) is 0 Å². The number of nitrogens with one attached hydrogen (secondary N) is 1. The van der Waals surface area contributed by atoms with E-state index in [2.05, 4.69) is 33.2 Å². The van der Waals surface area contributed by atoms with Gasteiger partial charge in [0.2, 0.25) is 0 Å². The average Bonchev–Trinajstić information content (AvgIpc) is 2.60. The Labute approximate surface area is 112 Å². The van der Waals surface area contributed by atoms with Crippen molar-refractivity contribution in [1.29, 1.82) is 0 Å². The van der Waals surface area contributed by atoms with Crippen LogP contribution in [-0.4, -0.2) is 4.98 Å². The van der Waals surface area contributed by atoms with Gasteiger partial charge in [0.25, 0.3) is 0 Å². The van der Waals surface area contributed by atoms with E-state index in [4.69, 9.17) is 0 Å². The predicted molar refractivity (Wildman–Crippen MR) is 73.0 cm³/mol. The first-order chi connectivity index (χ1) is 8.06. The van der Waals surface area contributed by atoms with Crippen molar-refractivity contribution in [3.63, 3.8) is 0 Å². The van der Waals surface area contributed by atoms with Crippen molar-refractivity contribution in [2.24, 2.45) is 0 Å². The largest absolute Gasteiger partial charge is 0.378 e. The molecule has 90 valence electrons. The molecular weight excluding hydrogens is 303 g/mol. The van der Waals surface area contributed by atoms with Crippen molar-refractivity contribution in [2.75, 3.05) is 5.32 Å². The molecule has 0 radical (unpaired) electrons. The van der Waals surface area contributed by atoms with Gasteiger partial charge in [-0.2, -0.15) is 0 Å². The predicted octanol–water partition coefficient (Wildman–Crippen LogP) is 4.27. The molecule has 1 aromatic carbocycles. The standard InChI is InChI=1S/C12H12BrFN2S/c1-7-8(2)17-12(16-7)6-15-9-3-4-10(13)11(14)5-9/h3-5,15H,6H2,1-2H3. The van der Waals surface area contributed by atoms with E-state index in [1.54, 1.807) is 17.4 Å². The van der Waals surface area contributed by atoms with Crippen LogP contribution in [0, 0.1) is 19.7 Å². The lowest BCUT2D eigenvalue weighted by Gasteiger charge is -2.04. The molecule has 0 bridgehead atoms. The molecule has 0 saturated heterocycles. The number of halogens is 2. The Bertz CT molecular complexity index is 520. The van der Waals surface area contributed by atoms with Gasteiger partial charge in [-0.05, 0) is 48.0 Å². The molecule has 0 aliphatic rings. The molecule has 5 heteroatoms. The second-order valence-electron chi connectivity index (χ2n) is 3.73. The summed E-state index contributed by atoms with van der Waals surface area (Å²) in [6.07, 6.45) is 0. The molecule has 2 nitrogen and oxygen atoms in total. The van der Waals surface area contributed by atoms with E-state index in [9.17, 15) is 4.39 Å². The number of nitrogens with zero attached hydrogens (tertiary/aromatic N) is 1. The first kappa shape index (κ1) is 12.5. The molecule has 0 atom stereocenters. The molecule has 17 heavy (non-hydrogen) atoms. The molecule has 1 aromatic heterocycles. The molecule has 0 fully saturated rings. The van der Waals surface area contributed by atoms with Crippen molar-refractivity contribution in [2.45, 2.75) is 20.4 Å². The molecule has 0 spiro atoms. The van der Waals surface area contributed by atoms with Gasteiger partial charge in [-0.25, -0.2) is 9.37 Å². The van der Waals surface area contributed by atoms with Gasteiger partial charge >= 0.3 is 0 Å². The zero-order valence-corrected chi connectivity index (χ0v) is 12.0. The summed E-state index contributed by atoms with van der Waals surface area (Å²) >= 11 is 4.79. The number of anilines is 1. The molecular formula is C12H12BrFN2S. The summed E-state index contributed by atoms with van der Waals surface area (Å²) in [7, 11) is 0. The van der Waals surface area contributed by atoms with Crippen LogP contribution in [0.5, 0.6) is 0 Å². The summed E-state index contributed by atoms with van der Waals surface area (Å²) < 4.78 is 13.7. The summed E-state index contributed by atoms with van der Waals surface area (Å²) in [5.74, 6) is -0.263. The van der Waals surface area contributed by atoms with Gasteiger partial charge in [0, 0.05) is 10.6 Å². The van der Waals surface area contributed by atoms with Gasteiger partial charge < -0.3 is 5.32 Å². The Morgan fingerprint density at radius 1 is 1.41 bits per heavy atom. The van der Waals surface area contributed by atoms with Crippen molar-refractivity contribution >= 4 is 33.0 Å². The minimum absolute atomic E-state index is 0.263. The number of rotatable bonds is 3. The van der Waals surface area contributed by atoms with E-state index < -0.39 is 0 Å². The molecule has 0 saturated carbocycles. The van der Waals surface area contributed by atoms with Crippen LogP contribution in [0.2, 0.25) is 0 Å². The highest BCUT2D eigenvalue weighted by atomic mass is 79.9. The SMILES string of the molecule is Cc1nc(CNc2ccc(Br)c(F)c2)sc1C. The van der Waals surface area contributed by atoms with Crippen LogP contribution < -0.4 is 5.32 Å². The normalized spacial score (nSPS) is 10.6. The minimum atomic E-state index is -0.263. The Balaban J connectivity index is 2.04. The summed E-state index contributed by atoms with van der Waals surface area (Å²) in [5.41, 5.74) is 1.82. The van der Waals surface area contributed by atoms with E-state index in [-0.39, 0.29) is 5.82 Å². The highest BCUT2D eigenvalue weighted by Crippen LogP contribution is 2.21. The van der Waals surface area contributed by atoms with E-state index in [0.717, 1.165) is 16.4 Å². The number of aromatic nitrogens is 1. The Morgan fingerprint density at radius 2 is 2.18 bits per heavy atom. The topological polar surface area (TPSA) is 24.9 Å². The smallest absolute Gasteiger partial charge is 0.139 e. The van der Waals surface area contributed by atoms with Crippen molar-refractivity contribution in [1.82, 2.24) is 4.98 Å². The third kappa shape index (κ3) is 3.04. The van der Waals surface area contributed by atoms with E-state index in [1.165, 1.54) is 10.9 Å². The minimum Gasteiger partial charge on any atom is -0.378 e. The number of hydrogen-bond donors (Lipinski definition) is 1. The second-order valence-corrected chi connectivity index (χ2v) is 5.87. The van der Waals surface area contributed by atoms with Crippen LogP contribution in [0.15, 0.2) is 22.7 Å². The van der Waals surface area contributed by atoms with Crippen LogP contribution >= 0.6 is 27.3 Å². The van der Waals surface area contributed by atoms with Gasteiger partial charge in [0.1, 0.15) is 10.8 Å². The maximum Gasteiger partial charge on any atom is 0.139 e. The third-order valence-electron chi connectivity index (χ3n) is 2.44. The monoisotopic (exact) mass is 314 g/mol. The molecule has 2 rings (SSSR count). The molecule has 0 aliphatic heterocycles. The first-order valence-electron chi connectivity index (χ1n) is 5.18. The number of thiazole rings is 1. The number of aryl methyl sites for hydroxylation is 2. The maximum atomic E-state index is 13.3. The quantitative estimate of drug-likeness (QED) is 0.915. The Morgan fingerprint density at radius 3 is 2.76 bits per heavy atom. The Hall–Kier alpha value is -0.940. The fraction of sp³-hybridized carbons (Fsp3) is 0.250. The van der Waals surface area contributed by atoms with Gasteiger partial charge in [0.15, 0.2) is 0 Å². The van der Waals surface area contributed by atoms with Gasteiger partial charge in [-0.15, -0.1) is 11.3 Å². The zero-order valence-electron chi connectivity index (χ0n) is 9.55. The van der Waals surface area contributed by atoms with Gasteiger partial charge in [-0.3, -0.25) is 0 Å². The number of benzene rings is 1. The summed E-state index contributed by atoms with van der Waals surface area (Å²) in [6, 6.07) is 4.99.